The van der Waals surface area contributed by atoms with Gasteiger partial charge in [0.2, 0.25) is 5.91 Å². The molecule has 110 valence electrons. The molecular formula is C14H26N2O3. The van der Waals surface area contributed by atoms with Crippen LogP contribution < -0.4 is 11.1 Å². The number of carbonyl (C=O) groups is 2. The van der Waals surface area contributed by atoms with Crippen LogP contribution in [-0.2, 0) is 9.59 Å². The standard InChI is InChI=1S/C14H26N2O3/c1-3-10(2)11(15)12(17)16-9-14(13(18)19)7-5-4-6-8-14/h10-11H,3-9,15H2,1-2H3,(H,16,17)(H,18,19)/t10-,11-/m0/s1. The molecule has 0 aromatic rings. The van der Waals surface area contributed by atoms with Crippen LogP contribution in [-0.4, -0.2) is 29.6 Å². The molecule has 0 aliphatic heterocycles. The molecule has 1 fully saturated rings. The Hall–Kier alpha value is -1.10. The quantitative estimate of drug-likeness (QED) is 0.682. The third kappa shape index (κ3) is 3.93. The molecule has 1 aliphatic carbocycles. The number of hydrogen-bond acceptors (Lipinski definition) is 3. The largest absolute Gasteiger partial charge is 0.481 e. The highest BCUT2D eigenvalue weighted by Gasteiger charge is 2.40. The number of hydrogen-bond donors (Lipinski definition) is 3. The van der Waals surface area contributed by atoms with Crippen molar-refractivity contribution in [3.63, 3.8) is 0 Å². The predicted octanol–water partition coefficient (Wildman–Crippen LogP) is 1.51. The third-order valence-electron chi connectivity index (χ3n) is 4.43. The number of aliphatic carboxylic acids is 1. The molecule has 5 nitrogen and oxygen atoms in total. The number of carboxylic acid groups (broad SMARTS) is 1. The van der Waals surface area contributed by atoms with E-state index >= 15 is 0 Å². The molecule has 1 saturated carbocycles. The first-order chi connectivity index (χ1) is 8.93. The van der Waals surface area contributed by atoms with Crippen LogP contribution in [0.2, 0.25) is 0 Å². The summed E-state index contributed by atoms with van der Waals surface area (Å²) in [5.74, 6) is -0.933. The molecule has 0 heterocycles. The van der Waals surface area contributed by atoms with Gasteiger partial charge in [0.25, 0.3) is 0 Å². The number of carboxylic acids is 1. The molecule has 0 saturated heterocycles. The van der Waals surface area contributed by atoms with E-state index in [2.05, 4.69) is 5.32 Å². The van der Waals surface area contributed by atoms with Crippen LogP contribution in [0, 0.1) is 11.3 Å². The zero-order valence-electron chi connectivity index (χ0n) is 11.9. The van der Waals surface area contributed by atoms with E-state index in [9.17, 15) is 14.7 Å². The fourth-order valence-electron chi connectivity index (χ4n) is 2.58. The average Bonchev–Trinajstić information content (AvgIpc) is 2.43. The Labute approximate surface area is 114 Å². The van der Waals surface area contributed by atoms with E-state index in [4.69, 9.17) is 5.73 Å². The Balaban J connectivity index is 2.57. The van der Waals surface area contributed by atoms with Gasteiger partial charge >= 0.3 is 5.97 Å². The summed E-state index contributed by atoms with van der Waals surface area (Å²) in [6.45, 7) is 4.11. The second-order valence-electron chi connectivity index (χ2n) is 5.78. The molecule has 4 N–H and O–H groups in total. The van der Waals surface area contributed by atoms with Crippen LogP contribution in [0.5, 0.6) is 0 Å². The van der Waals surface area contributed by atoms with Crippen molar-refractivity contribution in [2.75, 3.05) is 6.54 Å². The lowest BCUT2D eigenvalue weighted by Gasteiger charge is -2.33. The highest BCUT2D eigenvalue weighted by Crippen LogP contribution is 2.36. The van der Waals surface area contributed by atoms with E-state index in [1.807, 2.05) is 13.8 Å². The summed E-state index contributed by atoms with van der Waals surface area (Å²) in [5.41, 5.74) is 5.06. The molecule has 0 bridgehead atoms. The van der Waals surface area contributed by atoms with Crippen molar-refractivity contribution in [3.8, 4) is 0 Å². The van der Waals surface area contributed by atoms with Crippen molar-refractivity contribution >= 4 is 11.9 Å². The van der Waals surface area contributed by atoms with E-state index in [1.54, 1.807) is 0 Å². The van der Waals surface area contributed by atoms with E-state index in [0.717, 1.165) is 25.7 Å². The zero-order chi connectivity index (χ0) is 14.5. The number of carbonyl (C=O) groups excluding carboxylic acids is 1. The van der Waals surface area contributed by atoms with Gasteiger partial charge in [-0.3, -0.25) is 9.59 Å². The van der Waals surface area contributed by atoms with Gasteiger partial charge in [0, 0.05) is 6.54 Å². The number of nitrogens with two attached hydrogens (primary N) is 1. The molecule has 0 aromatic carbocycles. The van der Waals surface area contributed by atoms with E-state index in [0.29, 0.717) is 12.8 Å². The summed E-state index contributed by atoms with van der Waals surface area (Å²) >= 11 is 0. The molecule has 0 unspecified atom stereocenters. The SMILES string of the molecule is CC[C@H](C)[C@H](N)C(=O)NCC1(C(=O)O)CCCCC1. The van der Waals surface area contributed by atoms with Crippen LogP contribution in [0.3, 0.4) is 0 Å². The maximum absolute atomic E-state index is 11.9. The van der Waals surface area contributed by atoms with E-state index < -0.39 is 17.4 Å². The van der Waals surface area contributed by atoms with Gasteiger partial charge in [-0.15, -0.1) is 0 Å². The van der Waals surface area contributed by atoms with Crippen molar-refractivity contribution in [1.82, 2.24) is 5.32 Å². The normalized spacial score (nSPS) is 21.4. The lowest BCUT2D eigenvalue weighted by atomic mass is 9.74. The van der Waals surface area contributed by atoms with Gasteiger partial charge < -0.3 is 16.2 Å². The van der Waals surface area contributed by atoms with Gasteiger partial charge in [-0.2, -0.15) is 0 Å². The predicted molar refractivity (Wildman–Crippen MR) is 73.6 cm³/mol. The van der Waals surface area contributed by atoms with Crippen LogP contribution >= 0.6 is 0 Å². The summed E-state index contributed by atoms with van der Waals surface area (Å²) in [7, 11) is 0. The summed E-state index contributed by atoms with van der Waals surface area (Å²) in [5, 5.41) is 12.2. The lowest BCUT2D eigenvalue weighted by molar-refractivity contribution is -0.151. The number of amides is 1. The topological polar surface area (TPSA) is 92.4 Å². The molecule has 1 aliphatic rings. The summed E-state index contributed by atoms with van der Waals surface area (Å²) < 4.78 is 0. The highest BCUT2D eigenvalue weighted by atomic mass is 16.4. The van der Waals surface area contributed by atoms with Gasteiger partial charge in [0.1, 0.15) is 0 Å². The molecule has 0 radical (unpaired) electrons. The van der Waals surface area contributed by atoms with Gasteiger partial charge in [-0.1, -0.05) is 39.5 Å². The van der Waals surface area contributed by atoms with Crippen molar-refractivity contribution in [1.29, 1.82) is 0 Å². The second kappa shape index (κ2) is 6.89. The van der Waals surface area contributed by atoms with Crippen molar-refractivity contribution in [3.05, 3.63) is 0 Å². The Morgan fingerprint density at radius 3 is 2.37 bits per heavy atom. The molecule has 5 heteroatoms. The van der Waals surface area contributed by atoms with Gasteiger partial charge in [0.05, 0.1) is 11.5 Å². The Bertz CT molecular complexity index is 325. The zero-order valence-corrected chi connectivity index (χ0v) is 11.9. The average molecular weight is 270 g/mol. The second-order valence-corrected chi connectivity index (χ2v) is 5.78. The molecule has 0 spiro atoms. The minimum absolute atomic E-state index is 0.104. The first-order valence-corrected chi connectivity index (χ1v) is 7.19. The Morgan fingerprint density at radius 2 is 1.89 bits per heavy atom. The fourth-order valence-corrected chi connectivity index (χ4v) is 2.58. The first-order valence-electron chi connectivity index (χ1n) is 7.19. The summed E-state index contributed by atoms with van der Waals surface area (Å²) in [6, 6.07) is -0.556. The van der Waals surface area contributed by atoms with Crippen LogP contribution in [0.4, 0.5) is 0 Å². The maximum atomic E-state index is 11.9. The van der Waals surface area contributed by atoms with Crippen LogP contribution in [0.15, 0.2) is 0 Å². The highest BCUT2D eigenvalue weighted by molar-refractivity contribution is 5.83. The molecule has 2 atom stereocenters. The minimum atomic E-state index is -0.801. The van der Waals surface area contributed by atoms with Gasteiger partial charge in [-0.05, 0) is 18.8 Å². The van der Waals surface area contributed by atoms with Crippen LogP contribution in [0.25, 0.3) is 0 Å². The molecular weight excluding hydrogens is 244 g/mol. The number of nitrogens with one attached hydrogen (secondary N) is 1. The number of rotatable bonds is 6. The smallest absolute Gasteiger partial charge is 0.311 e. The molecule has 0 aromatic heterocycles. The maximum Gasteiger partial charge on any atom is 0.311 e. The first kappa shape index (κ1) is 16.0. The minimum Gasteiger partial charge on any atom is -0.481 e. The fraction of sp³-hybridized carbons (Fsp3) is 0.857. The van der Waals surface area contributed by atoms with E-state index in [1.165, 1.54) is 0 Å². The van der Waals surface area contributed by atoms with Crippen molar-refractivity contribution in [2.45, 2.75) is 58.4 Å². The Morgan fingerprint density at radius 1 is 1.32 bits per heavy atom. The molecule has 1 amide bonds. The van der Waals surface area contributed by atoms with E-state index in [-0.39, 0.29) is 18.4 Å². The monoisotopic (exact) mass is 270 g/mol. The summed E-state index contributed by atoms with van der Waals surface area (Å²) in [6.07, 6.45) is 5.02. The van der Waals surface area contributed by atoms with Gasteiger partial charge in [0.15, 0.2) is 0 Å². The molecule has 19 heavy (non-hydrogen) atoms. The Kier molecular flexibility index (Phi) is 5.79. The summed E-state index contributed by atoms with van der Waals surface area (Å²) in [4.78, 5) is 23.4. The van der Waals surface area contributed by atoms with Crippen molar-refractivity contribution < 1.29 is 14.7 Å². The molecule has 1 rings (SSSR count). The van der Waals surface area contributed by atoms with Crippen LogP contribution in [0.1, 0.15) is 52.4 Å². The van der Waals surface area contributed by atoms with Crippen molar-refractivity contribution in [2.24, 2.45) is 17.1 Å². The third-order valence-corrected chi connectivity index (χ3v) is 4.43. The lowest BCUT2D eigenvalue weighted by Crippen LogP contribution is -2.50. The van der Waals surface area contributed by atoms with Gasteiger partial charge in [-0.25, -0.2) is 0 Å².